The predicted octanol–water partition coefficient (Wildman–Crippen LogP) is 3.33. The van der Waals surface area contributed by atoms with Crippen LogP contribution >= 0.6 is 11.8 Å². The number of hydrogen-bond donors (Lipinski definition) is 0. The van der Waals surface area contributed by atoms with E-state index in [-0.39, 0.29) is 17.8 Å². The lowest BCUT2D eigenvalue weighted by Gasteiger charge is -2.21. The molecule has 1 aromatic heterocycles. The Morgan fingerprint density at radius 1 is 0.906 bits per heavy atom. The smallest absolute Gasteiger partial charge is 0.409 e. The molecule has 0 atom stereocenters. The average molecular weight is 452 g/mol. The number of rotatable bonds is 5. The van der Waals surface area contributed by atoms with Gasteiger partial charge in [-0.1, -0.05) is 60.3 Å². The molecule has 166 valence electrons. The van der Waals surface area contributed by atoms with Gasteiger partial charge in [-0.15, -0.1) is 10.2 Å². The van der Waals surface area contributed by atoms with Gasteiger partial charge in [0.25, 0.3) is 0 Å². The number of benzene rings is 2. The van der Waals surface area contributed by atoms with Crippen molar-refractivity contribution in [3.8, 4) is 17.1 Å². The zero-order chi connectivity index (χ0) is 22.3. The molecule has 0 spiro atoms. The van der Waals surface area contributed by atoms with E-state index >= 15 is 0 Å². The zero-order valence-corrected chi connectivity index (χ0v) is 18.7. The van der Waals surface area contributed by atoms with Crippen molar-refractivity contribution in [2.75, 3.05) is 39.0 Å². The van der Waals surface area contributed by atoms with Crippen LogP contribution in [-0.4, -0.2) is 75.6 Å². The highest BCUT2D eigenvalue weighted by atomic mass is 32.2. The summed E-state index contributed by atoms with van der Waals surface area (Å²) in [6, 6.07) is 19.8. The van der Waals surface area contributed by atoms with Crippen LogP contribution in [0.5, 0.6) is 0 Å². The van der Waals surface area contributed by atoms with Gasteiger partial charge in [0.2, 0.25) is 5.91 Å². The van der Waals surface area contributed by atoms with Gasteiger partial charge in [-0.3, -0.25) is 9.36 Å². The molecule has 2 aromatic carbocycles. The van der Waals surface area contributed by atoms with Crippen molar-refractivity contribution in [3.05, 3.63) is 60.7 Å². The highest BCUT2D eigenvalue weighted by Gasteiger charge is 2.23. The largest absolute Gasteiger partial charge is 0.453 e. The molecule has 1 aliphatic heterocycles. The van der Waals surface area contributed by atoms with Gasteiger partial charge in [0.1, 0.15) is 0 Å². The van der Waals surface area contributed by atoms with Crippen LogP contribution in [0.3, 0.4) is 0 Å². The lowest BCUT2D eigenvalue weighted by Crippen LogP contribution is -2.38. The van der Waals surface area contributed by atoms with Crippen molar-refractivity contribution in [3.63, 3.8) is 0 Å². The molecule has 4 rings (SSSR count). The van der Waals surface area contributed by atoms with Gasteiger partial charge in [0.15, 0.2) is 11.0 Å². The first-order valence-corrected chi connectivity index (χ1v) is 11.5. The molecule has 9 heteroatoms. The molecule has 1 saturated heterocycles. The molecule has 0 radical (unpaired) electrons. The van der Waals surface area contributed by atoms with Gasteiger partial charge in [-0.05, 0) is 18.6 Å². The number of methoxy groups -OCH3 is 1. The van der Waals surface area contributed by atoms with Crippen LogP contribution in [0.2, 0.25) is 0 Å². The van der Waals surface area contributed by atoms with E-state index in [1.165, 1.54) is 18.9 Å². The Morgan fingerprint density at radius 3 is 2.28 bits per heavy atom. The van der Waals surface area contributed by atoms with E-state index in [1.807, 2.05) is 65.2 Å². The van der Waals surface area contributed by atoms with Crippen LogP contribution < -0.4 is 0 Å². The van der Waals surface area contributed by atoms with Gasteiger partial charge < -0.3 is 14.5 Å². The fourth-order valence-electron chi connectivity index (χ4n) is 3.64. The molecule has 0 unspecified atom stereocenters. The van der Waals surface area contributed by atoms with E-state index in [9.17, 15) is 9.59 Å². The van der Waals surface area contributed by atoms with Crippen LogP contribution in [0.25, 0.3) is 17.1 Å². The highest BCUT2D eigenvalue weighted by Crippen LogP contribution is 2.28. The molecule has 0 N–H and O–H groups in total. The highest BCUT2D eigenvalue weighted by molar-refractivity contribution is 7.99. The summed E-state index contributed by atoms with van der Waals surface area (Å²) in [5, 5.41) is 9.46. The monoisotopic (exact) mass is 451 g/mol. The Balaban J connectivity index is 1.49. The number of carbonyl (C=O) groups excluding carboxylic acids is 2. The van der Waals surface area contributed by atoms with Crippen LogP contribution in [0.15, 0.2) is 65.8 Å². The Labute approximate surface area is 191 Å². The van der Waals surface area contributed by atoms with Gasteiger partial charge in [-0.2, -0.15) is 0 Å². The molecular formula is C23H25N5O3S. The third-order valence-corrected chi connectivity index (χ3v) is 6.20. The summed E-state index contributed by atoms with van der Waals surface area (Å²) in [4.78, 5) is 28.1. The van der Waals surface area contributed by atoms with Crippen molar-refractivity contribution in [1.82, 2.24) is 24.6 Å². The maximum Gasteiger partial charge on any atom is 0.409 e. The third kappa shape index (κ3) is 4.94. The topological polar surface area (TPSA) is 80.6 Å². The van der Waals surface area contributed by atoms with E-state index in [0.717, 1.165) is 23.5 Å². The lowest BCUT2D eigenvalue weighted by atomic mass is 10.2. The van der Waals surface area contributed by atoms with E-state index in [2.05, 4.69) is 10.2 Å². The van der Waals surface area contributed by atoms with Gasteiger partial charge in [-0.25, -0.2) is 4.79 Å². The Hall–Kier alpha value is -3.33. The summed E-state index contributed by atoms with van der Waals surface area (Å²) in [6.45, 7) is 2.18. The lowest BCUT2D eigenvalue weighted by molar-refractivity contribution is -0.128. The van der Waals surface area contributed by atoms with Gasteiger partial charge >= 0.3 is 6.09 Å². The first-order chi connectivity index (χ1) is 15.7. The zero-order valence-electron chi connectivity index (χ0n) is 17.9. The van der Waals surface area contributed by atoms with Crippen LogP contribution in [0.4, 0.5) is 4.79 Å². The maximum atomic E-state index is 12.9. The maximum absolute atomic E-state index is 12.9. The molecule has 2 heterocycles. The molecule has 1 fully saturated rings. The number of nitrogens with zero attached hydrogens (tertiary/aromatic N) is 5. The van der Waals surface area contributed by atoms with E-state index in [0.29, 0.717) is 31.3 Å². The van der Waals surface area contributed by atoms with Gasteiger partial charge in [0, 0.05) is 37.4 Å². The number of ether oxygens (including phenoxy) is 1. The van der Waals surface area contributed by atoms with Gasteiger partial charge in [0.05, 0.1) is 12.9 Å². The van der Waals surface area contributed by atoms with E-state index < -0.39 is 0 Å². The van der Waals surface area contributed by atoms with Crippen LogP contribution in [0, 0.1) is 0 Å². The van der Waals surface area contributed by atoms with Crippen molar-refractivity contribution >= 4 is 23.8 Å². The van der Waals surface area contributed by atoms with Crippen molar-refractivity contribution < 1.29 is 14.3 Å². The minimum absolute atomic E-state index is 0.0191. The predicted molar refractivity (Wildman–Crippen MR) is 123 cm³/mol. The summed E-state index contributed by atoms with van der Waals surface area (Å²) >= 11 is 1.37. The second kappa shape index (κ2) is 10.3. The number of carbonyl (C=O) groups is 2. The van der Waals surface area contributed by atoms with E-state index in [1.54, 1.807) is 9.80 Å². The quantitative estimate of drug-likeness (QED) is 0.554. The third-order valence-electron chi connectivity index (χ3n) is 5.29. The molecular weight excluding hydrogens is 426 g/mol. The number of amides is 2. The number of para-hydroxylation sites is 1. The molecule has 3 aromatic rings. The van der Waals surface area contributed by atoms with E-state index in [4.69, 9.17) is 4.74 Å². The Bertz CT molecular complexity index is 1060. The summed E-state index contributed by atoms with van der Waals surface area (Å²) in [5.74, 6) is 0.999. The minimum Gasteiger partial charge on any atom is -0.453 e. The Morgan fingerprint density at radius 2 is 1.56 bits per heavy atom. The molecule has 32 heavy (non-hydrogen) atoms. The summed E-state index contributed by atoms with van der Waals surface area (Å²) < 4.78 is 6.78. The molecule has 0 bridgehead atoms. The number of thioether (sulfide) groups is 1. The fraction of sp³-hybridized carbons (Fsp3) is 0.304. The second-order valence-corrected chi connectivity index (χ2v) is 8.27. The molecule has 1 aliphatic rings. The minimum atomic E-state index is -0.349. The SMILES string of the molecule is COC(=O)N1CCCN(C(=O)CSc2nnc(-c3ccccc3)n2-c2ccccc2)CC1. The molecule has 8 nitrogen and oxygen atoms in total. The summed E-state index contributed by atoms with van der Waals surface area (Å²) in [7, 11) is 1.37. The first-order valence-electron chi connectivity index (χ1n) is 10.5. The van der Waals surface area contributed by atoms with Crippen LogP contribution in [-0.2, 0) is 9.53 Å². The van der Waals surface area contributed by atoms with Crippen LogP contribution in [0.1, 0.15) is 6.42 Å². The average Bonchev–Trinajstić information content (AvgIpc) is 3.11. The first kappa shape index (κ1) is 21.9. The normalized spacial score (nSPS) is 14.2. The number of hydrogen-bond acceptors (Lipinski definition) is 6. The van der Waals surface area contributed by atoms with Crippen molar-refractivity contribution in [1.29, 1.82) is 0 Å². The summed E-state index contributed by atoms with van der Waals surface area (Å²) in [6.07, 6.45) is 0.377. The number of aromatic nitrogens is 3. The molecule has 2 amide bonds. The molecule has 0 saturated carbocycles. The standard InChI is InChI=1S/C23H25N5O3S/c1-31-23(30)27-14-8-13-26(15-16-27)20(29)17-32-22-25-24-21(18-9-4-2-5-10-18)28(22)19-11-6-3-7-12-19/h2-7,9-12H,8,13-17H2,1H3. The Kier molecular flexibility index (Phi) is 7.06. The molecule has 0 aliphatic carbocycles. The van der Waals surface area contributed by atoms with Crippen molar-refractivity contribution in [2.24, 2.45) is 0 Å². The second-order valence-electron chi connectivity index (χ2n) is 7.32. The van der Waals surface area contributed by atoms with Crippen molar-refractivity contribution in [2.45, 2.75) is 11.6 Å². The fourth-order valence-corrected chi connectivity index (χ4v) is 4.50. The summed E-state index contributed by atoms with van der Waals surface area (Å²) in [5.41, 5.74) is 1.90.